The van der Waals surface area contributed by atoms with Gasteiger partial charge in [-0.1, -0.05) is 17.7 Å². The highest BCUT2D eigenvalue weighted by Gasteiger charge is 2.35. The fraction of sp³-hybridized carbons (Fsp3) is 0.130. The molecular weight excluding hydrogens is 402 g/mol. The van der Waals surface area contributed by atoms with Crippen LogP contribution in [-0.4, -0.2) is 23.6 Å². The summed E-state index contributed by atoms with van der Waals surface area (Å²) in [5.41, 5.74) is 4.43. The third kappa shape index (κ3) is 3.46. The minimum atomic E-state index is -0.491. The molecule has 0 radical (unpaired) electrons. The molecule has 152 valence electrons. The SMILES string of the molecule is COc1cccc(-n2c(C)cc(/C=C3\NC(=O)N(c4ccc(Cl)cc4)C3=O)c2C)c1. The van der Waals surface area contributed by atoms with Crippen molar-refractivity contribution in [3.63, 3.8) is 0 Å². The first-order valence-corrected chi connectivity index (χ1v) is 9.73. The number of nitrogens with zero attached hydrogens (tertiary/aromatic N) is 2. The van der Waals surface area contributed by atoms with Crippen molar-refractivity contribution in [2.75, 3.05) is 12.0 Å². The zero-order chi connectivity index (χ0) is 21.4. The Bertz CT molecular complexity index is 1180. The van der Waals surface area contributed by atoms with Crippen molar-refractivity contribution in [2.45, 2.75) is 13.8 Å². The number of rotatable bonds is 4. The summed E-state index contributed by atoms with van der Waals surface area (Å²) in [5.74, 6) is 0.352. The summed E-state index contributed by atoms with van der Waals surface area (Å²) in [6.07, 6.45) is 1.70. The first-order valence-electron chi connectivity index (χ1n) is 9.35. The van der Waals surface area contributed by atoms with Gasteiger partial charge in [-0.3, -0.25) is 4.79 Å². The number of amides is 3. The van der Waals surface area contributed by atoms with E-state index in [1.165, 1.54) is 0 Å². The zero-order valence-electron chi connectivity index (χ0n) is 16.8. The van der Waals surface area contributed by atoms with Crippen LogP contribution < -0.4 is 15.0 Å². The minimum absolute atomic E-state index is 0.223. The molecule has 2 heterocycles. The van der Waals surface area contributed by atoms with Crippen molar-refractivity contribution in [2.24, 2.45) is 0 Å². The van der Waals surface area contributed by atoms with Crippen molar-refractivity contribution in [1.29, 1.82) is 0 Å². The molecule has 0 saturated carbocycles. The van der Waals surface area contributed by atoms with E-state index >= 15 is 0 Å². The molecule has 0 atom stereocenters. The number of carbonyl (C=O) groups excluding carboxylic acids is 2. The van der Waals surface area contributed by atoms with Gasteiger partial charge in [-0.15, -0.1) is 0 Å². The first-order chi connectivity index (χ1) is 14.4. The Hall–Kier alpha value is -3.51. The molecule has 3 amide bonds. The van der Waals surface area contributed by atoms with Gasteiger partial charge in [-0.25, -0.2) is 9.69 Å². The molecule has 4 rings (SSSR count). The second-order valence-electron chi connectivity index (χ2n) is 6.97. The Labute approximate surface area is 179 Å². The summed E-state index contributed by atoms with van der Waals surface area (Å²) in [6.45, 7) is 3.96. The van der Waals surface area contributed by atoms with Crippen LogP contribution in [0.4, 0.5) is 10.5 Å². The number of carbonyl (C=O) groups is 2. The fourth-order valence-electron chi connectivity index (χ4n) is 3.60. The minimum Gasteiger partial charge on any atom is -0.497 e. The molecule has 0 spiro atoms. The van der Waals surface area contributed by atoms with E-state index in [9.17, 15) is 9.59 Å². The van der Waals surface area contributed by atoms with Crippen LogP contribution in [0.15, 0.2) is 60.3 Å². The molecular formula is C23H20ClN3O3. The number of aryl methyl sites for hydroxylation is 1. The molecule has 1 fully saturated rings. The maximum atomic E-state index is 12.9. The molecule has 1 aliphatic heterocycles. The maximum Gasteiger partial charge on any atom is 0.333 e. The molecule has 0 bridgehead atoms. The number of nitrogens with one attached hydrogen (secondary N) is 1. The van der Waals surface area contributed by atoms with Crippen LogP contribution in [0.1, 0.15) is 17.0 Å². The number of hydrogen-bond acceptors (Lipinski definition) is 3. The average Bonchev–Trinajstić information content (AvgIpc) is 3.17. The van der Waals surface area contributed by atoms with E-state index in [0.717, 1.165) is 33.3 Å². The summed E-state index contributed by atoms with van der Waals surface area (Å²) in [5, 5.41) is 3.20. The Balaban J connectivity index is 1.69. The van der Waals surface area contributed by atoms with Gasteiger partial charge < -0.3 is 14.6 Å². The number of methoxy groups -OCH3 is 1. The third-order valence-corrected chi connectivity index (χ3v) is 5.30. The molecule has 0 unspecified atom stereocenters. The summed E-state index contributed by atoms with van der Waals surface area (Å²) in [4.78, 5) is 26.4. The second kappa shape index (κ2) is 7.72. The predicted molar refractivity (Wildman–Crippen MR) is 117 cm³/mol. The predicted octanol–water partition coefficient (Wildman–Crippen LogP) is 4.85. The van der Waals surface area contributed by atoms with Gasteiger partial charge in [0.05, 0.1) is 12.8 Å². The second-order valence-corrected chi connectivity index (χ2v) is 7.40. The van der Waals surface area contributed by atoms with E-state index in [4.69, 9.17) is 16.3 Å². The number of aromatic nitrogens is 1. The number of hydrogen-bond donors (Lipinski definition) is 1. The molecule has 2 aromatic carbocycles. The fourth-order valence-corrected chi connectivity index (χ4v) is 3.72. The monoisotopic (exact) mass is 421 g/mol. The van der Waals surface area contributed by atoms with Crippen LogP contribution in [0, 0.1) is 13.8 Å². The van der Waals surface area contributed by atoms with Crippen molar-refractivity contribution >= 4 is 35.3 Å². The van der Waals surface area contributed by atoms with E-state index in [2.05, 4.69) is 9.88 Å². The topological polar surface area (TPSA) is 63.6 Å². The maximum absolute atomic E-state index is 12.9. The van der Waals surface area contributed by atoms with Gasteiger partial charge >= 0.3 is 6.03 Å². The molecule has 6 nitrogen and oxygen atoms in total. The van der Waals surface area contributed by atoms with Gasteiger partial charge in [-0.05, 0) is 68.0 Å². The van der Waals surface area contributed by atoms with Crippen LogP contribution in [0.5, 0.6) is 5.75 Å². The van der Waals surface area contributed by atoms with E-state index in [1.807, 2.05) is 44.2 Å². The number of urea groups is 1. The average molecular weight is 422 g/mol. The quantitative estimate of drug-likeness (QED) is 0.483. The molecule has 7 heteroatoms. The van der Waals surface area contributed by atoms with E-state index < -0.39 is 11.9 Å². The lowest BCUT2D eigenvalue weighted by Gasteiger charge is -2.11. The van der Waals surface area contributed by atoms with Crippen molar-refractivity contribution < 1.29 is 14.3 Å². The summed E-state index contributed by atoms with van der Waals surface area (Å²) < 4.78 is 7.40. The molecule has 1 aliphatic rings. The first kappa shape index (κ1) is 19.8. The standard InChI is InChI=1S/C23H20ClN3O3/c1-14-11-16(15(2)26(14)19-5-4-6-20(13-19)30-3)12-21-22(28)27(23(29)25-21)18-9-7-17(24)8-10-18/h4-13H,1-3H3,(H,25,29)/b21-12-. The molecule has 3 aromatic rings. The highest BCUT2D eigenvalue weighted by Crippen LogP contribution is 2.27. The number of ether oxygens (including phenoxy) is 1. The Morgan fingerprint density at radius 2 is 1.73 bits per heavy atom. The third-order valence-electron chi connectivity index (χ3n) is 5.04. The number of benzene rings is 2. The van der Waals surface area contributed by atoms with Crippen LogP contribution in [-0.2, 0) is 4.79 Å². The Morgan fingerprint density at radius 3 is 2.43 bits per heavy atom. The number of halogens is 1. The van der Waals surface area contributed by atoms with Crippen LogP contribution in [0.25, 0.3) is 11.8 Å². The lowest BCUT2D eigenvalue weighted by Crippen LogP contribution is -2.30. The molecule has 1 aromatic heterocycles. The summed E-state index contributed by atoms with van der Waals surface area (Å²) in [6, 6.07) is 15.8. The van der Waals surface area contributed by atoms with E-state index in [1.54, 1.807) is 37.5 Å². The largest absolute Gasteiger partial charge is 0.497 e. The highest BCUT2D eigenvalue weighted by atomic mass is 35.5. The van der Waals surface area contributed by atoms with Crippen LogP contribution in [0.3, 0.4) is 0 Å². The van der Waals surface area contributed by atoms with Gasteiger partial charge in [-0.2, -0.15) is 0 Å². The van der Waals surface area contributed by atoms with Crippen molar-refractivity contribution in [3.8, 4) is 11.4 Å². The Kier molecular flexibility index (Phi) is 5.10. The van der Waals surface area contributed by atoms with Gasteiger partial charge in [0.2, 0.25) is 0 Å². The van der Waals surface area contributed by atoms with Crippen LogP contribution in [0.2, 0.25) is 5.02 Å². The molecule has 1 saturated heterocycles. The van der Waals surface area contributed by atoms with E-state index in [-0.39, 0.29) is 5.70 Å². The van der Waals surface area contributed by atoms with Crippen molar-refractivity contribution in [1.82, 2.24) is 9.88 Å². The number of anilines is 1. The molecule has 30 heavy (non-hydrogen) atoms. The Morgan fingerprint density at radius 1 is 1.00 bits per heavy atom. The normalized spacial score (nSPS) is 15.1. The molecule has 1 N–H and O–H groups in total. The van der Waals surface area contributed by atoms with Crippen molar-refractivity contribution in [3.05, 3.63) is 82.3 Å². The number of imide groups is 1. The van der Waals surface area contributed by atoms with Gasteiger partial charge in [0.15, 0.2) is 0 Å². The van der Waals surface area contributed by atoms with E-state index in [0.29, 0.717) is 10.7 Å². The van der Waals surface area contributed by atoms with Gasteiger partial charge in [0, 0.05) is 28.2 Å². The van der Waals surface area contributed by atoms with Gasteiger partial charge in [0.25, 0.3) is 5.91 Å². The molecule has 0 aliphatic carbocycles. The zero-order valence-corrected chi connectivity index (χ0v) is 17.5. The lowest BCUT2D eigenvalue weighted by molar-refractivity contribution is -0.113. The smallest absolute Gasteiger partial charge is 0.333 e. The van der Waals surface area contributed by atoms with Gasteiger partial charge in [0.1, 0.15) is 11.4 Å². The highest BCUT2D eigenvalue weighted by molar-refractivity contribution is 6.31. The summed E-state index contributed by atoms with van der Waals surface area (Å²) in [7, 11) is 1.63. The lowest BCUT2D eigenvalue weighted by atomic mass is 10.2. The summed E-state index contributed by atoms with van der Waals surface area (Å²) >= 11 is 5.91. The van der Waals surface area contributed by atoms with Crippen LogP contribution >= 0.6 is 11.6 Å².